The van der Waals surface area contributed by atoms with E-state index in [4.69, 9.17) is 5.26 Å². The molecule has 0 spiro atoms. The van der Waals surface area contributed by atoms with Gasteiger partial charge in [0, 0.05) is 0 Å². The van der Waals surface area contributed by atoms with Crippen LogP contribution in [0.2, 0.25) is 0 Å². The molecule has 0 atom stereocenters. The first-order valence-corrected chi connectivity index (χ1v) is 20.4. The second-order valence-corrected chi connectivity index (χ2v) is 14.6. The van der Waals surface area contributed by atoms with Gasteiger partial charge in [-0.15, -0.1) is 3.63 Å². The molecule has 0 bridgehead atoms. The Morgan fingerprint density at radius 3 is 0.705 bits per heavy atom. The molecule has 0 aromatic rings. The lowest BCUT2D eigenvalue weighted by molar-refractivity contribution is -0.929. The van der Waals surface area contributed by atoms with Crippen molar-refractivity contribution in [2.45, 2.75) is 158 Å². The van der Waals surface area contributed by atoms with E-state index in [2.05, 4.69) is 63.4 Å². The second-order valence-electron chi connectivity index (χ2n) is 12.3. The summed E-state index contributed by atoms with van der Waals surface area (Å²) in [5.74, 6) is 0. The fourth-order valence-electron chi connectivity index (χ4n) is 5.40. The van der Waals surface area contributed by atoms with Crippen LogP contribution in [0.1, 0.15) is 158 Å². The Morgan fingerprint density at radius 1 is 0.432 bits per heavy atom. The molecule has 0 aliphatic rings. The number of quaternary nitrogens is 2. The second kappa shape index (κ2) is 30.0. The highest BCUT2D eigenvalue weighted by molar-refractivity contribution is 7.94. The van der Waals surface area contributed by atoms with Crippen LogP contribution in [0.15, 0.2) is 0 Å². The molecule has 0 aliphatic carbocycles. The van der Waals surface area contributed by atoms with Gasteiger partial charge < -0.3 is 23.1 Å². The molecule has 0 rings (SSSR count). The average molecular weight is 677 g/mol. The lowest BCUT2D eigenvalue weighted by Gasteiger charge is -2.39. The third kappa shape index (κ3) is 29.1. The number of unbranched alkanes of at least 4 members (excludes halogenated alkanes) is 8. The van der Waals surface area contributed by atoms with E-state index in [1.165, 1.54) is 164 Å². The Balaban J connectivity index is -0.000000594. The predicted molar refractivity (Wildman–Crippen MR) is 180 cm³/mol. The van der Waals surface area contributed by atoms with Gasteiger partial charge in [-0.05, 0) is 51.4 Å². The van der Waals surface area contributed by atoms with Crippen molar-refractivity contribution in [1.29, 1.82) is 0 Å². The fraction of sp³-hybridized carbons (Fsp3) is 1.00. The van der Waals surface area contributed by atoms with Crippen LogP contribution >= 0.6 is 0 Å². The molecule has 0 heterocycles. The summed E-state index contributed by atoms with van der Waals surface area (Å²) >= 11 is 0. The fourth-order valence-corrected chi connectivity index (χ4v) is 6.31. The minimum Gasteiger partial charge on any atom is -0.725 e. The van der Waals surface area contributed by atoms with Gasteiger partial charge in [-0.25, -0.2) is 8.42 Å². The molecule has 10 nitrogen and oxygen atoms in total. The molecule has 0 fully saturated rings. The first-order chi connectivity index (χ1) is 20.8. The Bertz CT molecular complexity index is 713. The van der Waals surface area contributed by atoms with Crippen LogP contribution in [0.3, 0.4) is 0 Å². The van der Waals surface area contributed by atoms with E-state index in [1.807, 2.05) is 0 Å². The molecule has 0 saturated carbocycles. The Hall–Kier alpha value is -0.340. The molecule has 44 heavy (non-hydrogen) atoms. The normalized spacial score (nSPS) is 12.3. The first-order valence-electron chi connectivity index (χ1n) is 17.7. The van der Waals surface area contributed by atoms with Crippen LogP contribution in [0.25, 0.3) is 0 Å². The highest BCUT2D eigenvalue weighted by Gasteiger charge is 2.25. The van der Waals surface area contributed by atoms with Gasteiger partial charge in [-0.1, -0.05) is 107 Å². The summed E-state index contributed by atoms with van der Waals surface area (Å²) in [7, 11) is -10.7. The SMILES string of the molecule is CCCC[N+](CCCC)(CCCC)CCCC.CCCC[N+](CCCC)(CCCC)CCCC.O=S(=O)([O-])OS(=O)(=O)O[O-]. The minimum absolute atomic E-state index is 1.35. The van der Waals surface area contributed by atoms with Gasteiger partial charge >= 0.3 is 10.4 Å². The van der Waals surface area contributed by atoms with Gasteiger partial charge in [-0.3, -0.25) is 0 Å². The summed E-state index contributed by atoms with van der Waals surface area (Å²) in [5, 5.41) is 9.01. The summed E-state index contributed by atoms with van der Waals surface area (Å²) in [6.07, 6.45) is 22.1. The first kappa shape index (κ1) is 48.1. The molecule has 0 radical (unpaired) electrons. The van der Waals surface area contributed by atoms with Crippen molar-refractivity contribution in [3.05, 3.63) is 0 Å². The maximum Gasteiger partial charge on any atom is 0.405 e. The summed E-state index contributed by atoms with van der Waals surface area (Å²) in [5.41, 5.74) is 0. The van der Waals surface area contributed by atoms with Crippen LogP contribution in [0.4, 0.5) is 0 Å². The minimum atomic E-state index is -5.46. The molecule has 0 unspecified atom stereocenters. The molecule has 0 amide bonds. The van der Waals surface area contributed by atoms with E-state index in [0.29, 0.717) is 0 Å². The third-order valence-corrected chi connectivity index (χ3v) is 9.64. The molecule has 12 heteroatoms. The maximum absolute atomic E-state index is 9.68. The van der Waals surface area contributed by atoms with Crippen molar-refractivity contribution in [1.82, 2.24) is 0 Å². The standard InChI is InChI=1S/2C16H36N.H2O8S2/c2*1-5-9-13-17(14-10-6-2,15-11-7-3)16-12-8-4;1-7-10(5,6)8-9(2,3)4/h2*5-16H2,1-4H3;1H,(H,2,3,4)/q2*+1;/p-2. The van der Waals surface area contributed by atoms with Crippen LogP contribution in [0, 0.1) is 0 Å². The van der Waals surface area contributed by atoms with Gasteiger partial charge in [0.1, 0.15) is 0 Å². The van der Waals surface area contributed by atoms with E-state index in [0.717, 1.165) is 0 Å². The van der Waals surface area contributed by atoms with Gasteiger partial charge in [0.05, 0.1) is 52.4 Å². The largest absolute Gasteiger partial charge is 0.725 e. The van der Waals surface area contributed by atoms with Crippen molar-refractivity contribution >= 4 is 20.8 Å². The average Bonchev–Trinajstić information content (AvgIpc) is 2.99. The van der Waals surface area contributed by atoms with Crippen LogP contribution in [-0.2, 0) is 28.8 Å². The lowest BCUT2D eigenvalue weighted by Crippen LogP contribution is -2.50. The molecule has 0 saturated heterocycles. The molecule has 0 aromatic heterocycles. The molecule has 0 N–H and O–H groups in total. The molecule has 0 aliphatic heterocycles. The summed E-state index contributed by atoms with van der Waals surface area (Å²) in [6, 6.07) is 0. The van der Waals surface area contributed by atoms with Gasteiger partial charge in [0.15, 0.2) is 0 Å². The number of hydrogen-bond acceptors (Lipinski definition) is 8. The Labute approximate surface area is 274 Å². The lowest BCUT2D eigenvalue weighted by atomic mass is 10.1. The Morgan fingerprint density at radius 2 is 0.614 bits per heavy atom. The summed E-state index contributed by atoms with van der Waals surface area (Å²) in [6.45, 7) is 30.0. The monoisotopic (exact) mass is 676 g/mol. The zero-order valence-corrected chi connectivity index (χ0v) is 31.6. The Kier molecular flexibility index (Phi) is 32.8. The maximum atomic E-state index is 9.68. The molecule has 0 aromatic carbocycles. The molecule has 270 valence electrons. The highest BCUT2D eigenvalue weighted by atomic mass is 32.3. The zero-order valence-electron chi connectivity index (χ0n) is 29.9. The van der Waals surface area contributed by atoms with Crippen LogP contribution in [-0.4, -0.2) is 82.7 Å². The predicted octanol–water partition coefficient (Wildman–Crippen LogP) is 7.01. The quantitative estimate of drug-likeness (QED) is 0.0298. The molecular formula is C32H72N2O8S2. The number of nitrogens with zero attached hydrogens (tertiary/aromatic N) is 2. The van der Waals surface area contributed by atoms with Crippen molar-refractivity contribution < 1.29 is 43.6 Å². The topological polar surface area (TPSA) is 133 Å². The summed E-state index contributed by atoms with van der Waals surface area (Å²) < 4.78 is 55.4. The van der Waals surface area contributed by atoms with Crippen molar-refractivity contribution in [2.75, 3.05) is 52.4 Å². The third-order valence-electron chi connectivity index (χ3n) is 8.14. The molecular weight excluding hydrogens is 604 g/mol. The van der Waals surface area contributed by atoms with Gasteiger partial charge in [0.2, 0.25) is 10.4 Å². The smallest absolute Gasteiger partial charge is 0.405 e. The number of rotatable bonds is 27. The van der Waals surface area contributed by atoms with Crippen molar-refractivity contribution in [2.24, 2.45) is 0 Å². The van der Waals surface area contributed by atoms with Gasteiger partial charge in [0.25, 0.3) is 0 Å². The summed E-state index contributed by atoms with van der Waals surface area (Å²) in [4.78, 5) is 0. The van der Waals surface area contributed by atoms with E-state index >= 15 is 0 Å². The van der Waals surface area contributed by atoms with Crippen LogP contribution < -0.4 is 5.26 Å². The highest BCUT2D eigenvalue weighted by Crippen LogP contribution is 2.17. The van der Waals surface area contributed by atoms with Crippen LogP contribution in [0.5, 0.6) is 0 Å². The van der Waals surface area contributed by atoms with E-state index < -0.39 is 20.8 Å². The van der Waals surface area contributed by atoms with E-state index in [9.17, 15) is 21.4 Å². The zero-order chi connectivity index (χ0) is 34.4. The number of hydrogen-bond donors (Lipinski definition) is 0. The van der Waals surface area contributed by atoms with E-state index in [-0.39, 0.29) is 0 Å². The van der Waals surface area contributed by atoms with Crippen molar-refractivity contribution in [3.63, 3.8) is 0 Å². The van der Waals surface area contributed by atoms with Gasteiger partial charge in [-0.2, -0.15) is 8.42 Å². The van der Waals surface area contributed by atoms with Crippen molar-refractivity contribution in [3.8, 4) is 0 Å². The van der Waals surface area contributed by atoms with E-state index in [1.54, 1.807) is 0 Å².